The topological polar surface area (TPSA) is 58.6 Å². The molecule has 0 atom stereocenters. The SMILES string of the molecule is COc1ccc(Cl)c(NC(=O)C(C)(C)O)c1. The van der Waals surface area contributed by atoms with Crippen LogP contribution < -0.4 is 10.1 Å². The summed E-state index contributed by atoms with van der Waals surface area (Å²) in [6.45, 7) is 2.80. The molecule has 1 rings (SSSR count). The lowest BCUT2D eigenvalue weighted by molar-refractivity contribution is -0.130. The van der Waals surface area contributed by atoms with Gasteiger partial charge in [0.1, 0.15) is 11.4 Å². The zero-order valence-corrected chi connectivity index (χ0v) is 10.1. The van der Waals surface area contributed by atoms with Gasteiger partial charge in [0.05, 0.1) is 17.8 Å². The fourth-order valence-corrected chi connectivity index (χ4v) is 1.17. The zero-order valence-electron chi connectivity index (χ0n) is 9.37. The first kappa shape index (κ1) is 12.8. The van der Waals surface area contributed by atoms with Crippen LogP contribution in [-0.4, -0.2) is 23.7 Å². The number of carbonyl (C=O) groups is 1. The average Bonchev–Trinajstić information content (AvgIpc) is 2.19. The number of aliphatic hydroxyl groups is 1. The smallest absolute Gasteiger partial charge is 0.255 e. The minimum absolute atomic E-state index is 0.387. The summed E-state index contributed by atoms with van der Waals surface area (Å²) >= 11 is 5.90. The standard InChI is InChI=1S/C11H14ClNO3/c1-11(2,15)10(14)13-9-6-7(16-3)4-5-8(9)12/h4-6,15H,1-3H3,(H,13,14). The second kappa shape index (κ2) is 4.72. The van der Waals surface area contributed by atoms with E-state index < -0.39 is 11.5 Å². The van der Waals surface area contributed by atoms with Crippen LogP contribution in [0.4, 0.5) is 5.69 Å². The van der Waals surface area contributed by atoms with Gasteiger partial charge in [0.2, 0.25) is 0 Å². The number of anilines is 1. The molecule has 0 radical (unpaired) electrons. The average molecular weight is 244 g/mol. The van der Waals surface area contributed by atoms with Crippen LogP contribution in [0.3, 0.4) is 0 Å². The van der Waals surface area contributed by atoms with Crippen LogP contribution in [0.25, 0.3) is 0 Å². The molecule has 0 heterocycles. The first-order chi connectivity index (χ1) is 7.34. The molecule has 16 heavy (non-hydrogen) atoms. The molecule has 5 heteroatoms. The molecule has 88 valence electrons. The van der Waals surface area contributed by atoms with Crippen LogP contribution in [-0.2, 0) is 4.79 Å². The number of hydrogen-bond acceptors (Lipinski definition) is 3. The van der Waals surface area contributed by atoms with Gasteiger partial charge >= 0.3 is 0 Å². The number of ether oxygens (including phenoxy) is 1. The highest BCUT2D eigenvalue weighted by Crippen LogP contribution is 2.27. The van der Waals surface area contributed by atoms with E-state index in [0.717, 1.165) is 0 Å². The summed E-state index contributed by atoms with van der Waals surface area (Å²) in [6, 6.07) is 4.88. The van der Waals surface area contributed by atoms with Gasteiger partial charge in [-0.15, -0.1) is 0 Å². The van der Waals surface area contributed by atoms with Gasteiger partial charge in [0.15, 0.2) is 0 Å². The summed E-state index contributed by atoms with van der Waals surface area (Å²) in [5, 5.41) is 12.4. The Balaban J connectivity index is 2.92. The number of methoxy groups -OCH3 is 1. The van der Waals surface area contributed by atoms with Gasteiger partial charge in [-0.1, -0.05) is 11.6 Å². The lowest BCUT2D eigenvalue weighted by Gasteiger charge is -2.17. The lowest BCUT2D eigenvalue weighted by Crippen LogP contribution is -2.36. The summed E-state index contributed by atoms with van der Waals surface area (Å²) in [4.78, 5) is 11.5. The number of hydrogen-bond donors (Lipinski definition) is 2. The van der Waals surface area contributed by atoms with Crippen molar-refractivity contribution in [2.75, 3.05) is 12.4 Å². The molecular weight excluding hydrogens is 230 g/mol. The van der Waals surface area contributed by atoms with Crippen molar-refractivity contribution in [3.63, 3.8) is 0 Å². The molecular formula is C11H14ClNO3. The third kappa shape index (κ3) is 3.12. The third-order valence-corrected chi connectivity index (χ3v) is 2.31. The lowest BCUT2D eigenvalue weighted by atomic mass is 10.1. The van der Waals surface area contributed by atoms with E-state index in [1.165, 1.54) is 21.0 Å². The second-order valence-corrected chi connectivity index (χ2v) is 4.27. The molecule has 0 aliphatic heterocycles. The molecule has 1 aromatic rings. The minimum atomic E-state index is -1.45. The predicted octanol–water partition coefficient (Wildman–Crippen LogP) is 2.06. The Bertz CT molecular complexity index is 399. The minimum Gasteiger partial charge on any atom is -0.497 e. The first-order valence-corrected chi connectivity index (χ1v) is 5.10. The number of carbonyl (C=O) groups excluding carboxylic acids is 1. The maximum absolute atomic E-state index is 11.5. The van der Waals surface area contributed by atoms with E-state index in [1.807, 2.05) is 0 Å². The molecule has 0 unspecified atom stereocenters. The summed E-state index contributed by atoms with van der Waals surface area (Å²) in [7, 11) is 1.52. The van der Waals surface area contributed by atoms with Gasteiger partial charge in [-0.2, -0.15) is 0 Å². The van der Waals surface area contributed by atoms with Crippen molar-refractivity contribution in [3.05, 3.63) is 23.2 Å². The molecule has 1 aromatic carbocycles. The Morgan fingerprint density at radius 3 is 2.62 bits per heavy atom. The van der Waals surface area contributed by atoms with Crippen LogP contribution in [0.15, 0.2) is 18.2 Å². The molecule has 0 spiro atoms. The monoisotopic (exact) mass is 243 g/mol. The maximum atomic E-state index is 11.5. The van der Waals surface area contributed by atoms with E-state index >= 15 is 0 Å². The predicted molar refractivity (Wildman–Crippen MR) is 62.9 cm³/mol. The van der Waals surface area contributed by atoms with Crippen LogP contribution in [0.1, 0.15) is 13.8 Å². The summed E-state index contributed by atoms with van der Waals surface area (Å²) in [5.74, 6) is 0.0538. The van der Waals surface area contributed by atoms with Crippen LogP contribution in [0.5, 0.6) is 5.75 Å². The van der Waals surface area contributed by atoms with E-state index in [0.29, 0.717) is 16.5 Å². The van der Waals surface area contributed by atoms with Crippen molar-refractivity contribution >= 4 is 23.2 Å². The highest BCUT2D eigenvalue weighted by atomic mass is 35.5. The quantitative estimate of drug-likeness (QED) is 0.854. The second-order valence-electron chi connectivity index (χ2n) is 3.86. The molecule has 0 saturated carbocycles. The van der Waals surface area contributed by atoms with Crippen molar-refractivity contribution in [3.8, 4) is 5.75 Å². The molecule has 1 amide bonds. The number of nitrogens with one attached hydrogen (secondary N) is 1. The third-order valence-electron chi connectivity index (χ3n) is 1.98. The summed E-state index contributed by atoms with van der Waals surface area (Å²) in [5.41, 5.74) is -1.04. The van der Waals surface area contributed by atoms with Gasteiger partial charge in [0.25, 0.3) is 5.91 Å². The normalized spacial score (nSPS) is 11.1. The molecule has 4 nitrogen and oxygen atoms in total. The molecule has 0 saturated heterocycles. The number of halogens is 1. The Kier molecular flexibility index (Phi) is 3.78. The van der Waals surface area contributed by atoms with Crippen LogP contribution >= 0.6 is 11.6 Å². The summed E-state index contributed by atoms with van der Waals surface area (Å²) < 4.78 is 5.00. The molecule has 0 aromatic heterocycles. The molecule has 0 aliphatic carbocycles. The number of benzene rings is 1. The van der Waals surface area contributed by atoms with E-state index in [9.17, 15) is 9.90 Å². The number of amides is 1. The summed E-state index contributed by atoms with van der Waals surface area (Å²) in [6.07, 6.45) is 0. The van der Waals surface area contributed by atoms with Crippen molar-refractivity contribution < 1.29 is 14.6 Å². The van der Waals surface area contributed by atoms with E-state index in [-0.39, 0.29) is 0 Å². The van der Waals surface area contributed by atoms with Crippen molar-refractivity contribution in [2.24, 2.45) is 0 Å². The van der Waals surface area contributed by atoms with Gasteiger partial charge in [-0.25, -0.2) is 0 Å². The maximum Gasteiger partial charge on any atom is 0.255 e. The zero-order chi connectivity index (χ0) is 12.3. The Morgan fingerprint density at radius 2 is 2.12 bits per heavy atom. The number of rotatable bonds is 3. The van der Waals surface area contributed by atoms with Crippen LogP contribution in [0, 0.1) is 0 Å². The van der Waals surface area contributed by atoms with Crippen molar-refractivity contribution in [1.29, 1.82) is 0 Å². The van der Waals surface area contributed by atoms with Crippen LogP contribution in [0.2, 0.25) is 5.02 Å². The van der Waals surface area contributed by atoms with E-state index in [1.54, 1.807) is 18.2 Å². The molecule has 2 N–H and O–H groups in total. The fraction of sp³-hybridized carbons (Fsp3) is 0.364. The molecule has 0 fully saturated rings. The highest BCUT2D eigenvalue weighted by molar-refractivity contribution is 6.33. The Labute approximate surface area is 99.2 Å². The molecule has 0 aliphatic rings. The highest BCUT2D eigenvalue weighted by Gasteiger charge is 2.24. The largest absolute Gasteiger partial charge is 0.497 e. The van der Waals surface area contributed by atoms with E-state index in [2.05, 4.69) is 5.32 Å². The van der Waals surface area contributed by atoms with Gasteiger partial charge in [0, 0.05) is 6.07 Å². The van der Waals surface area contributed by atoms with Gasteiger partial charge in [-0.3, -0.25) is 4.79 Å². The van der Waals surface area contributed by atoms with E-state index in [4.69, 9.17) is 16.3 Å². The van der Waals surface area contributed by atoms with Gasteiger partial charge in [-0.05, 0) is 26.0 Å². The van der Waals surface area contributed by atoms with Crippen molar-refractivity contribution in [2.45, 2.75) is 19.4 Å². The Morgan fingerprint density at radius 1 is 1.50 bits per heavy atom. The first-order valence-electron chi connectivity index (χ1n) is 4.72. The van der Waals surface area contributed by atoms with Gasteiger partial charge < -0.3 is 15.2 Å². The molecule has 0 bridgehead atoms. The fourth-order valence-electron chi connectivity index (χ4n) is 1.00. The van der Waals surface area contributed by atoms with Crippen molar-refractivity contribution in [1.82, 2.24) is 0 Å². The Hall–Kier alpha value is -1.26.